The van der Waals surface area contributed by atoms with Gasteiger partial charge in [0, 0.05) is 16.7 Å². The van der Waals surface area contributed by atoms with Crippen LogP contribution in [0.3, 0.4) is 0 Å². The third-order valence-corrected chi connectivity index (χ3v) is 5.52. The maximum atomic E-state index is 12.8. The summed E-state index contributed by atoms with van der Waals surface area (Å²) in [6, 6.07) is 17.7. The van der Waals surface area contributed by atoms with E-state index >= 15 is 0 Å². The largest absolute Gasteiger partial charge is 0.468 e. The van der Waals surface area contributed by atoms with Crippen molar-refractivity contribution in [3.8, 4) is 0 Å². The molecule has 0 saturated carbocycles. The monoisotopic (exact) mass is 326 g/mol. The van der Waals surface area contributed by atoms with E-state index in [1.807, 2.05) is 54.6 Å². The van der Waals surface area contributed by atoms with Gasteiger partial charge in [-0.25, -0.2) is 0 Å². The van der Waals surface area contributed by atoms with Crippen LogP contribution in [0.1, 0.15) is 26.7 Å². The average molecular weight is 326 g/mol. The van der Waals surface area contributed by atoms with Crippen molar-refractivity contribution in [2.24, 2.45) is 5.92 Å². The molecular formula is C19H18O3S. The minimum atomic E-state index is -0.265. The summed E-state index contributed by atoms with van der Waals surface area (Å²) in [7, 11) is 1.39. The molecule has 1 aliphatic rings. The molecule has 2 atom stereocenters. The minimum absolute atomic E-state index is 0.0461. The number of hydrogen-bond donors (Lipinski definition) is 0. The number of hydrogen-bond acceptors (Lipinski definition) is 4. The third-order valence-electron chi connectivity index (χ3n) is 4.16. The summed E-state index contributed by atoms with van der Waals surface area (Å²) in [6.07, 6.45) is 0.725. The maximum absolute atomic E-state index is 12.8. The van der Waals surface area contributed by atoms with Gasteiger partial charge in [-0.2, -0.15) is 0 Å². The SMILES string of the molecule is COC(=O)CSC(c1ccccc1)C1Cc2ccccc2C1=O. The Morgan fingerprint density at radius 1 is 1.17 bits per heavy atom. The first-order chi connectivity index (χ1) is 11.2. The number of carbonyl (C=O) groups excluding carboxylic acids is 2. The number of carbonyl (C=O) groups is 2. The molecule has 23 heavy (non-hydrogen) atoms. The summed E-state index contributed by atoms with van der Waals surface area (Å²) in [5.41, 5.74) is 2.99. The van der Waals surface area contributed by atoms with Crippen LogP contribution in [0.4, 0.5) is 0 Å². The van der Waals surface area contributed by atoms with Gasteiger partial charge in [-0.15, -0.1) is 11.8 Å². The zero-order valence-electron chi connectivity index (χ0n) is 12.9. The predicted octanol–water partition coefficient (Wildman–Crippen LogP) is 3.69. The van der Waals surface area contributed by atoms with Crippen molar-refractivity contribution in [3.05, 3.63) is 71.3 Å². The van der Waals surface area contributed by atoms with Gasteiger partial charge in [0.1, 0.15) is 0 Å². The molecule has 0 heterocycles. The molecule has 0 saturated heterocycles. The Balaban J connectivity index is 1.87. The number of ketones is 1. The van der Waals surface area contributed by atoms with E-state index < -0.39 is 0 Å². The molecule has 4 heteroatoms. The molecular weight excluding hydrogens is 308 g/mol. The van der Waals surface area contributed by atoms with Crippen molar-refractivity contribution in [2.45, 2.75) is 11.7 Å². The zero-order chi connectivity index (χ0) is 16.2. The molecule has 118 valence electrons. The molecule has 3 rings (SSSR count). The Bertz CT molecular complexity index is 712. The lowest BCUT2D eigenvalue weighted by Gasteiger charge is -2.22. The van der Waals surface area contributed by atoms with Crippen molar-refractivity contribution in [3.63, 3.8) is 0 Å². The van der Waals surface area contributed by atoms with E-state index in [-0.39, 0.29) is 28.7 Å². The number of esters is 1. The van der Waals surface area contributed by atoms with E-state index in [0.29, 0.717) is 0 Å². The molecule has 2 aromatic carbocycles. The van der Waals surface area contributed by atoms with Crippen LogP contribution in [0.5, 0.6) is 0 Å². The van der Waals surface area contributed by atoms with E-state index in [4.69, 9.17) is 4.74 Å². The summed E-state index contributed by atoms with van der Waals surface area (Å²) >= 11 is 1.48. The Labute approximate surface area is 140 Å². The first kappa shape index (κ1) is 15.8. The summed E-state index contributed by atoms with van der Waals surface area (Å²) < 4.78 is 4.74. The van der Waals surface area contributed by atoms with Crippen LogP contribution < -0.4 is 0 Å². The van der Waals surface area contributed by atoms with Gasteiger partial charge in [0.25, 0.3) is 0 Å². The molecule has 2 unspecified atom stereocenters. The summed E-state index contributed by atoms with van der Waals surface area (Å²) in [5, 5.41) is -0.0461. The fraction of sp³-hybridized carbons (Fsp3) is 0.263. The normalized spacial score (nSPS) is 17.6. The molecule has 0 bridgehead atoms. The van der Waals surface area contributed by atoms with Gasteiger partial charge in [-0.1, -0.05) is 54.6 Å². The molecule has 0 amide bonds. The van der Waals surface area contributed by atoms with Crippen molar-refractivity contribution < 1.29 is 14.3 Å². The highest BCUT2D eigenvalue weighted by atomic mass is 32.2. The molecule has 2 aromatic rings. The van der Waals surface area contributed by atoms with E-state index in [9.17, 15) is 9.59 Å². The van der Waals surface area contributed by atoms with Crippen molar-refractivity contribution in [1.29, 1.82) is 0 Å². The van der Waals surface area contributed by atoms with Gasteiger partial charge in [0.2, 0.25) is 0 Å². The second kappa shape index (κ2) is 7.01. The van der Waals surface area contributed by atoms with Crippen LogP contribution in [0.25, 0.3) is 0 Å². The number of ether oxygens (including phenoxy) is 1. The topological polar surface area (TPSA) is 43.4 Å². The highest BCUT2D eigenvalue weighted by molar-refractivity contribution is 8.00. The van der Waals surface area contributed by atoms with Gasteiger partial charge < -0.3 is 4.74 Å². The summed E-state index contributed by atoms with van der Waals surface area (Å²) in [6.45, 7) is 0. The Morgan fingerprint density at radius 3 is 2.57 bits per heavy atom. The second-order valence-electron chi connectivity index (χ2n) is 5.55. The van der Waals surface area contributed by atoms with Gasteiger partial charge in [-0.05, 0) is 17.5 Å². The molecule has 0 fully saturated rings. The lowest BCUT2D eigenvalue weighted by molar-refractivity contribution is -0.137. The average Bonchev–Trinajstić information content (AvgIpc) is 2.93. The van der Waals surface area contributed by atoms with Gasteiger partial charge >= 0.3 is 5.97 Å². The molecule has 0 N–H and O–H groups in total. The van der Waals surface area contributed by atoms with Gasteiger partial charge in [0.05, 0.1) is 12.9 Å². The van der Waals surface area contributed by atoms with E-state index in [1.54, 1.807) is 0 Å². The quantitative estimate of drug-likeness (QED) is 0.786. The molecule has 0 aliphatic heterocycles. The fourth-order valence-electron chi connectivity index (χ4n) is 3.02. The van der Waals surface area contributed by atoms with Crippen LogP contribution in [-0.4, -0.2) is 24.6 Å². The number of Topliss-reactive ketones (excluding diaryl/α,β-unsaturated/α-hetero) is 1. The number of benzene rings is 2. The predicted molar refractivity (Wildman–Crippen MR) is 91.6 cm³/mol. The molecule has 0 spiro atoms. The number of fused-ring (bicyclic) bond motifs is 1. The Morgan fingerprint density at radius 2 is 1.87 bits per heavy atom. The van der Waals surface area contributed by atoms with Crippen molar-refractivity contribution in [1.82, 2.24) is 0 Å². The third kappa shape index (κ3) is 3.32. The second-order valence-corrected chi connectivity index (χ2v) is 6.68. The molecule has 1 aliphatic carbocycles. The highest BCUT2D eigenvalue weighted by Crippen LogP contribution is 2.43. The van der Waals surface area contributed by atoms with E-state index in [2.05, 4.69) is 0 Å². The molecule has 0 aromatic heterocycles. The standard InChI is InChI=1S/C19H18O3S/c1-22-17(20)12-23-19(13-7-3-2-4-8-13)16-11-14-9-5-6-10-15(14)18(16)21/h2-10,16,19H,11-12H2,1H3. The minimum Gasteiger partial charge on any atom is -0.468 e. The summed E-state index contributed by atoms with van der Waals surface area (Å²) in [5.74, 6) is 0.0195. The fourth-order valence-corrected chi connectivity index (χ4v) is 4.25. The first-order valence-electron chi connectivity index (χ1n) is 7.56. The number of methoxy groups -OCH3 is 1. The van der Waals surface area contributed by atoms with Crippen LogP contribution in [0.15, 0.2) is 54.6 Å². The Hall–Kier alpha value is -2.07. The lowest BCUT2D eigenvalue weighted by Crippen LogP contribution is -2.18. The van der Waals surface area contributed by atoms with Crippen molar-refractivity contribution >= 4 is 23.5 Å². The highest BCUT2D eigenvalue weighted by Gasteiger charge is 2.37. The van der Waals surface area contributed by atoms with E-state index in [1.165, 1.54) is 18.9 Å². The van der Waals surface area contributed by atoms with E-state index in [0.717, 1.165) is 23.1 Å². The van der Waals surface area contributed by atoms with Crippen LogP contribution in [-0.2, 0) is 16.0 Å². The number of thioether (sulfide) groups is 1. The van der Waals surface area contributed by atoms with Crippen molar-refractivity contribution in [2.75, 3.05) is 12.9 Å². The lowest BCUT2D eigenvalue weighted by atomic mass is 9.95. The number of rotatable bonds is 5. The Kier molecular flexibility index (Phi) is 4.82. The van der Waals surface area contributed by atoms with Crippen LogP contribution in [0.2, 0.25) is 0 Å². The van der Waals surface area contributed by atoms with Gasteiger partial charge in [0.15, 0.2) is 5.78 Å². The smallest absolute Gasteiger partial charge is 0.315 e. The first-order valence-corrected chi connectivity index (χ1v) is 8.61. The van der Waals surface area contributed by atoms with Crippen LogP contribution in [0, 0.1) is 5.92 Å². The molecule has 3 nitrogen and oxygen atoms in total. The zero-order valence-corrected chi connectivity index (χ0v) is 13.7. The maximum Gasteiger partial charge on any atom is 0.315 e. The van der Waals surface area contributed by atoms with Gasteiger partial charge in [-0.3, -0.25) is 9.59 Å². The molecule has 0 radical (unpaired) electrons. The van der Waals surface area contributed by atoms with Crippen LogP contribution >= 0.6 is 11.8 Å². The summed E-state index contributed by atoms with van der Waals surface area (Å²) in [4.78, 5) is 24.3.